The summed E-state index contributed by atoms with van der Waals surface area (Å²) < 4.78 is 0. The number of thiol groups is 1. The van der Waals surface area contributed by atoms with Crippen LogP contribution in [0.5, 0.6) is 0 Å². The van der Waals surface area contributed by atoms with E-state index in [0.717, 1.165) is 0 Å². The highest BCUT2D eigenvalue weighted by atomic mass is 32.1. The van der Waals surface area contributed by atoms with Gasteiger partial charge in [0, 0.05) is 12.2 Å². The van der Waals surface area contributed by atoms with Gasteiger partial charge in [-0.3, -0.25) is 24.0 Å². The molecule has 0 aliphatic carbocycles. The van der Waals surface area contributed by atoms with Crippen LogP contribution in [0.25, 0.3) is 0 Å². The molecule has 0 aliphatic rings. The Morgan fingerprint density at radius 2 is 1.45 bits per heavy atom. The van der Waals surface area contributed by atoms with Crippen LogP contribution in [0.2, 0.25) is 0 Å². The van der Waals surface area contributed by atoms with Gasteiger partial charge in [0.05, 0.1) is 12.5 Å². The van der Waals surface area contributed by atoms with Crippen LogP contribution in [0.4, 0.5) is 0 Å². The third-order valence-corrected chi connectivity index (χ3v) is 4.47. The van der Waals surface area contributed by atoms with E-state index in [9.17, 15) is 28.8 Å². The lowest BCUT2D eigenvalue weighted by molar-refractivity contribution is -0.143. The fourth-order valence-electron chi connectivity index (χ4n) is 2.35. The number of aliphatic carboxylic acids is 2. The molecule has 0 saturated carbocycles. The first-order chi connectivity index (χ1) is 14.3. The first-order valence-electron chi connectivity index (χ1n) is 9.30. The second kappa shape index (κ2) is 13.4. The van der Waals surface area contributed by atoms with E-state index in [1.54, 1.807) is 13.8 Å². The molecule has 0 aliphatic heterocycles. The molecule has 4 unspecified atom stereocenters. The van der Waals surface area contributed by atoms with E-state index in [1.807, 2.05) is 0 Å². The van der Waals surface area contributed by atoms with Gasteiger partial charge < -0.3 is 37.6 Å². The summed E-state index contributed by atoms with van der Waals surface area (Å²) in [6.45, 7) is 3.23. The van der Waals surface area contributed by atoms with E-state index in [-0.39, 0.29) is 5.75 Å². The zero-order chi connectivity index (χ0) is 24.3. The maximum atomic E-state index is 12.7. The molecule has 4 amide bonds. The number of carbonyl (C=O) groups is 6. The molecule has 14 heteroatoms. The highest BCUT2D eigenvalue weighted by Crippen LogP contribution is 2.06. The molecule has 0 spiro atoms. The van der Waals surface area contributed by atoms with E-state index >= 15 is 0 Å². The summed E-state index contributed by atoms with van der Waals surface area (Å²) in [5, 5.41) is 24.6. The Labute approximate surface area is 184 Å². The van der Waals surface area contributed by atoms with Gasteiger partial charge in [-0.2, -0.15) is 12.6 Å². The summed E-state index contributed by atoms with van der Waals surface area (Å²) >= 11 is 3.90. The Balaban J connectivity index is 5.43. The zero-order valence-electron chi connectivity index (χ0n) is 17.2. The zero-order valence-corrected chi connectivity index (χ0v) is 18.1. The number of nitrogens with two attached hydrogens (primary N) is 2. The first kappa shape index (κ1) is 28.1. The normalized spacial score (nSPS) is 14.6. The molecule has 0 saturated heterocycles. The van der Waals surface area contributed by atoms with Gasteiger partial charge in [0.2, 0.25) is 23.6 Å². The van der Waals surface area contributed by atoms with Crippen molar-refractivity contribution in [2.24, 2.45) is 17.4 Å². The molecule has 0 aromatic carbocycles. The van der Waals surface area contributed by atoms with Crippen LogP contribution in [0, 0.1) is 5.92 Å². The Hall–Kier alpha value is -2.87. The highest BCUT2D eigenvalue weighted by molar-refractivity contribution is 7.80. The minimum atomic E-state index is -1.56. The fourth-order valence-corrected chi connectivity index (χ4v) is 2.51. The van der Waals surface area contributed by atoms with Crippen LogP contribution in [-0.2, 0) is 28.8 Å². The smallest absolute Gasteiger partial charge is 0.326 e. The molecule has 0 heterocycles. The van der Waals surface area contributed by atoms with Crippen molar-refractivity contribution < 1.29 is 39.0 Å². The molecule has 13 nitrogen and oxygen atoms in total. The largest absolute Gasteiger partial charge is 0.481 e. The molecule has 0 bridgehead atoms. The third kappa shape index (κ3) is 10.6. The van der Waals surface area contributed by atoms with E-state index < -0.39 is 84.9 Å². The summed E-state index contributed by atoms with van der Waals surface area (Å²) in [4.78, 5) is 70.4. The lowest BCUT2D eigenvalue weighted by Crippen LogP contribution is -2.59. The fraction of sp³-hybridized carbons (Fsp3) is 0.647. The van der Waals surface area contributed by atoms with Gasteiger partial charge in [-0.15, -0.1) is 0 Å². The second-order valence-electron chi connectivity index (χ2n) is 7.08. The summed E-state index contributed by atoms with van der Waals surface area (Å²) in [6, 6.07) is -5.21. The van der Waals surface area contributed by atoms with Crippen molar-refractivity contribution in [3.63, 3.8) is 0 Å². The number of carboxylic acids is 2. The summed E-state index contributed by atoms with van der Waals surface area (Å²) in [5.74, 6) is -6.66. The van der Waals surface area contributed by atoms with Crippen molar-refractivity contribution in [1.29, 1.82) is 0 Å². The number of amides is 4. The summed E-state index contributed by atoms with van der Waals surface area (Å²) in [7, 11) is 0. The van der Waals surface area contributed by atoms with Gasteiger partial charge in [0.1, 0.15) is 18.1 Å². The Morgan fingerprint density at radius 3 is 1.87 bits per heavy atom. The SMILES string of the molecule is CC(C)C(NC(=O)C(N)CS)C(=O)NC(CC(N)=O)C(=O)NC(CCC(=O)O)C(=O)O. The van der Waals surface area contributed by atoms with Gasteiger partial charge in [-0.1, -0.05) is 13.8 Å². The van der Waals surface area contributed by atoms with Crippen LogP contribution in [0.1, 0.15) is 33.1 Å². The predicted molar refractivity (Wildman–Crippen MR) is 111 cm³/mol. The van der Waals surface area contributed by atoms with Gasteiger partial charge in [-0.05, 0) is 12.3 Å². The van der Waals surface area contributed by atoms with Crippen molar-refractivity contribution in [2.45, 2.75) is 57.3 Å². The number of carboxylic acid groups (broad SMARTS) is 2. The minimum Gasteiger partial charge on any atom is -0.481 e. The van der Waals surface area contributed by atoms with Crippen LogP contribution in [0.15, 0.2) is 0 Å². The van der Waals surface area contributed by atoms with Crippen LogP contribution < -0.4 is 27.4 Å². The first-order valence-corrected chi connectivity index (χ1v) is 9.93. The molecular formula is C17H29N5O8S. The molecule has 0 aromatic heterocycles. The lowest BCUT2D eigenvalue weighted by atomic mass is 10.0. The molecular weight excluding hydrogens is 434 g/mol. The van der Waals surface area contributed by atoms with Crippen LogP contribution in [-0.4, -0.2) is 75.7 Å². The Kier molecular flexibility index (Phi) is 12.2. The molecule has 31 heavy (non-hydrogen) atoms. The van der Waals surface area contributed by atoms with Gasteiger partial charge in [0.25, 0.3) is 0 Å². The highest BCUT2D eigenvalue weighted by Gasteiger charge is 2.32. The topological polar surface area (TPSA) is 231 Å². The minimum absolute atomic E-state index is 0.0257. The third-order valence-electron chi connectivity index (χ3n) is 4.08. The van der Waals surface area contributed by atoms with Crippen molar-refractivity contribution in [1.82, 2.24) is 16.0 Å². The Morgan fingerprint density at radius 1 is 0.903 bits per heavy atom. The lowest BCUT2D eigenvalue weighted by Gasteiger charge is -2.26. The molecule has 9 N–H and O–H groups in total. The van der Waals surface area contributed by atoms with E-state index in [1.165, 1.54) is 0 Å². The number of primary amides is 1. The molecule has 0 radical (unpaired) electrons. The summed E-state index contributed by atoms with van der Waals surface area (Å²) in [5.41, 5.74) is 10.7. The van der Waals surface area contributed by atoms with Crippen LogP contribution in [0.3, 0.4) is 0 Å². The van der Waals surface area contributed by atoms with Crippen molar-refractivity contribution in [3.05, 3.63) is 0 Å². The van der Waals surface area contributed by atoms with Crippen LogP contribution >= 0.6 is 12.6 Å². The molecule has 0 rings (SSSR count). The van der Waals surface area contributed by atoms with Crippen molar-refractivity contribution in [3.8, 4) is 0 Å². The molecule has 176 valence electrons. The van der Waals surface area contributed by atoms with E-state index in [2.05, 4.69) is 28.6 Å². The molecule has 4 atom stereocenters. The average Bonchev–Trinajstić information content (AvgIpc) is 2.66. The molecule has 0 fully saturated rings. The predicted octanol–water partition coefficient (Wildman–Crippen LogP) is -2.82. The van der Waals surface area contributed by atoms with Gasteiger partial charge in [0.15, 0.2) is 0 Å². The number of hydrogen-bond acceptors (Lipinski definition) is 8. The second-order valence-corrected chi connectivity index (χ2v) is 7.45. The van der Waals surface area contributed by atoms with E-state index in [4.69, 9.17) is 21.7 Å². The standard InChI is InChI=1S/C17H29N5O8S/c1-7(2)13(22-14(26)8(18)6-31)16(28)21-10(5-11(19)23)15(27)20-9(17(29)30)3-4-12(24)25/h7-10,13,31H,3-6,18H2,1-2H3,(H2,19,23)(H,20,27)(H,21,28)(H,22,26)(H,24,25)(H,29,30). The van der Waals surface area contributed by atoms with Gasteiger partial charge in [-0.25, -0.2) is 4.79 Å². The van der Waals surface area contributed by atoms with Crippen molar-refractivity contribution in [2.75, 3.05) is 5.75 Å². The number of rotatable bonds is 14. The number of hydrogen-bond donors (Lipinski definition) is 8. The maximum absolute atomic E-state index is 12.7. The number of nitrogens with one attached hydrogen (secondary N) is 3. The molecule has 0 aromatic rings. The monoisotopic (exact) mass is 463 g/mol. The quantitative estimate of drug-likeness (QED) is 0.124. The van der Waals surface area contributed by atoms with E-state index in [0.29, 0.717) is 0 Å². The number of carbonyl (C=O) groups excluding carboxylic acids is 4. The average molecular weight is 464 g/mol. The maximum Gasteiger partial charge on any atom is 0.326 e. The Bertz CT molecular complexity index is 702. The van der Waals surface area contributed by atoms with Crippen molar-refractivity contribution >= 4 is 48.2 Å². The summed E-state index contributed by atoms with van der Waals surface area (Å²) in [6.07, 6.45) is -1.60. The van der Waals surface area contributed by atoms with Gasteiger partial charge >= 0.3 is 11.9 Å².